The van der Waals surface area contributed by atoms with Crippen LogP contribution >= 0.6 is 0 Å². The van der Waals surface area contributed by atoms with Crippen LogP contribution in [-0.4, -0.2) is 11.6 Å². The van der Waals surface area contributed by atoms with Crippen LogP contribution in [0, 0.1) is 0 Å². The van der Waals surface area contributed by atoms with Crippen molar-refractivity contribution < 1.29 is 9.59 Å². The van der Waals surface area contributed by atoms with E-state index in [0.29, 0.717) is 22.3 Å². The summed E-state index contributed by atoms with van der Waals surface area (Å²) < 4.78 is 0. The van der Waals surface area contributed by atoms with Crippen LogP contribution in [0.25, 0.3) is 0 Å². The molecule has 86 valence electrons. The van der Waals surface area contributed by atoms with E-state index >= 15 is 0 Å². The molecule has 0 fully saturated rings. The SMILES string of the molecule is CC1=C=CC=C2C(=O)c3ccccc3C(=O)C2=C1. The van der Waals surface area contributed by atoms with Crippen molar-refractivity contribution in [3.05, 3.63) is 76.1 Å². The van der Waals surface area contributed by atoms with Crippen LogP contribution in [0.1, 0.15) is 27.6 Å². The fraction of sp³-hybridized carbons (Fsp3) is 0.0625. The summed E-state index contributed by atoms with van der Waals surface area (Å²) in [4.78, 5) is 24.7. The first-order chi connectivity index (χ1) is 8.68. The number of fused-ring (bicyclic) bond motifs is 2. The van der Waals surface area contributed by atoms with E-state index in [4.69, 9.17) is 0 Å². The minimum atomic E-state index is -0.0933. The lowest BCUT2D eigenvalue weighted by Crippen LogP contribution is -2.22. The molecular formula is C16H10O2. The maximum atomic E-state index is 12.4. The van der Waals surface area contributed by atoms with E-state index in [0.717, 1.165) is 5.57 Å². The molecule has 3 rings (SSSR count). The minimum Gasteiger partial charge on any atom is -0.289 e. The molecule has 0 bridgehead atoms. The summed E-state index contributed by atoms with van der Waals surface area (Å²) in [5, 5.41) is 0. The number of rotatable bonds is 0. The van der Waals surface area contributed by atoms with Gasteiger partial charge in [-0.1, -0.05) is 24.3 Å². The number of ketones is 2. The molecule has 2 heteroatoms. The third-order valence-corrected chi connectivity index (χ3v) is 3.12. The van der Waals surface area contributed by atoms with Crippen molar-refractivity contribution in [1.29, 1.82) is 0 Å². The minimum absolute atomic E-state index is 0.0899. The van der Waals surface area contributed by atoms with Gasteiger partial charge < -0.3 is 0 Å². The van der Waals surface area contributed by atoms with Gasteiger partial charge in [-0.15, -0.1) is 5.73 Å². The monoisotopic (exact) mass is 234 g/mol. The zero-order valence-electron chi connectivity index (χ0n) is 9.86. The van der Waals surface area contributed by atoms with E-state index in [1.165, 1.54) is 0 Å². The Balaban J connectivity index is 2.31. The average Bonchev–Trinajstić information content (AvgIpc) is 2.58. The zero-order chi connectivity index (χ0) is 12.7. The average molecular weight is 234 g/mol. The highest BCUT2D eigenvalue weighted by Gasteiger charge is 2.31. The fourth-order valence-electron chi connectivity index (χ4n) is 2.24. The van der Waals surface area contributed by atoms with Gasteiger partial charge in [-0.3, -0.25) is 9.59 Å². The van der Waals surface area contributed by atoms with E-state index in [-0.39, 0.29) is 11.6 Å². The number of hydrogen-bond acceptors (Lipinski definition) is 2. The summed E-state index contributed by atoms with van der Waals surface area (Å²) in [6.45, 7) is 1.86. The third kappa shape index (κ3) is 1.44. The van der Waals surface area contributed by atoms with Gasteiger partial charge in [-0.2, -0.15) is 0 Å². The van der Waals surface area contributed by atoms with Crippen molar-refractivity contribution in [1.82, 2.24) is 0 Å². The van der Waals surface area contributed by atoms with Crippen molar-refractivity contribution >= 4 is 11.6 Å². The quantitative estimate of drug-likeness (QED) is 0.646. The molecule has 0 saturated heterocycles. The van der Waals surface area contributed by atoms with E-state index in [1.807, 2.05) is 6.92 Å². The van der Waals surface area contributed by atoms with Gasteiger partial charge in [0.2, 0.25) is 0 Å². The Labute approximate surface area is 105 Å². The first-order valence-corrected chi connectivity index (χ1v) is 5.72. The molecule has 0 saturated carbocycles. The summed E-state index contributed by atoms with van der Waals surface area (Å²) in [5.74, 6) is -0.183. The van der Waals surface area contributed by atoms with Crippen molar-refractivity contribution in [3.63, 3.8) is 0 Å². The molecule has 2 aliphatic rings. The topological polar surface area (TPSA) is 34.1 Å². The van der Waals surface area contributed by atoms with Crippen molar-refractivity contribution in [2.45, 2.75) is 6.92 Å². The molecular weight excluding hydrogens is 224 g/mol. The molecule has 1 aromatic rings. The lowest BCUT2D eigenvalue weighted by molar-refractivity contribution is 0.0973. The smallest absolute Gasteiger partial charge is 0.194 e. The number of carbonyl (C=O) groups is 2. The van der Waals surface area contributed by atoms with Gasteiger partial charge in [0.15, 0.2) is 11.6 Å². The van der Waals surface area contributed by atoms with E-state index in [9.17, 15) is 9.59 Å². The standard InChI is InChI=1S/C16H10O2/c1-10-5-4-8-13-14(9-10)16(18)12-7-3-2-6-11(12)15(13)17/h2-4,6-9H,1H3. The Kier molecular flexibility index (Phi) is 2.26. The number of benzene rings is 1. The van der Waals surface area contributed by atoms with Gasteiger partial charge in [0, 0.05) is 22.3 Å². The van der Waals surface area contributed by atoms with Gasteiger partial charge in [0.1, 0.15) is 0 Å². The molecule has 0 N–H and O–H groups in total. The highest BCUT2D eigenvalue weighted by Crippen LogP contribution is 2.30. The number of Topliss-reactive ketones (excluding diaryl/α,β-unsaturated/α-hetero) is 2. The maximum Gasteiger partial charge on any atom is 0.194 e. The van der Waals surface area contributed by atoms with Crippen LogP contribution in [0.2, 0.25) is 0 Å². The Morgan fingerprint density at radius 2 is 1.56 bits per heavy atom. The van der Waals surface area contributed by atoms with Gasteiger partial charge in [-0.25, -0.2) is 0 Å². The summed E-state index contributed by atoms with van der Waals surface area (Å²) in [6.07, 6.45) is 5.08. The maximum absolute atomic E-state index is 12.4. The second-order valence-electron chi connectivity index (χ2n) is 4.34. The lowest BCUT2D eigenvalue weighted by Gasteiger charge is -2.18. The molecule has 2 nitrogen and oxygen atoms in total. The van der Waals surface area contributed by atoms with Gasteiger partial charge in [-0.05, 0) is 30.7 Å². The molecule has 0 spiro atoms. The third-order valence-electron chi connectivity index (χ3n) is 3.12. The molecule has 0 amide bonds. The van der Waals surface area contributed by atoms with Crippen LogP contribution in [-0.2, 0) is 0 Å². The molecule has 0 atom stereocenters. The van der Waals surface area contributed by atoms with Crippen molar-refractivity contribution in [2.24, 2.45) is 0 Å². The summed E-state index contributed by atoms with van der Waals surface area (Å²) in [5.41, 5.74) is 5.75. The molecule has 0 heterocycles. The van der Waals surface area contributed by atoms with E-state index < -0.39 is 0 Å². The van der Waals surface area contributed by atoms with Crippen LogP contribution in [0.15, 0.2) is 64.9 Å². The molecule has 0 aromatic heterocycles. The Morgan fingerprint density at radius 1 is 0.944 bits per heavy atom. The highest BCUT2D eigenvalue weighted by atomic mass is 16.1. The lowest BCUT2D eigenvalue weighted by atomic mass is 9.81. The Hall–Kier alpha value is -2.44. The predicted molar refractivity (Wildman–Crippen MR) is 68.5 cm³/mol. The summed E-state index contributed by atoms with van der Waals surface area (Å²) in [6, 6.07) is 6.94. The normalized spacial score (nSPS) is 17.3. The molecule has 18 heavy (non-hydrogen) atoms. The Morgan fingerprint density at radius 3 is 2.22 bits per heavy atom. The van der Waals surface area contributed by atoms with Crippen LogP contribution < -0.4 is 0 Å². The number of carbonyl (C=O) groups excluding carboxylic acids is 2. The highest BCUT2D eigenvalue weighted by molar-refractivity contribution is 6.31. The summed E-state index contributed by atoms with van der Waals surface area (Å²) >= 11 is 0. The van der Waals surface area contributed by atoms with Gasteiger partial charge in [0.25, 0.3) is 0 Å². The zero-order valence-corrected chi connectivity index (χ0v) is 9.86. The van der Waals surface area contributed by atoms with Crippen molar-refractivity contribution in [2.75, 3.05) is 0 Å². The van der Waals surface area contributed by atoms with Crippen molar-refractivity contribution in [3.8, 4) is 0 Å². The van der Waals surface area contributed by atoms with Gasteiger partial charge >= 0.3 is 0 Å². The fourth-order valence-corrected chi connectivity index (χ4v) is 2.24. The number of allylic oxidation sites excluding steroid dienone is 5. The second kappa shape index (κ2) is 3.80. The molecule has 0 radical (unpaired) electrons. The molecule has 0 unspecified atom stereocenters. The van der Waals surface area contributed by atoms with Crippen LogP contribution in [0.5, 0.6) is 0 Å². The van der Waals surface area contributed by atoms with E-state index in [2.05, 4.69) is 5.73 Å². The van der Waals surface area contributed by atoms with Crippen LogP contribution in [0.4, 0.5) is 0 Å². The largest absolute Gasteiger partial charge is 0.289 e. The molecule has 0 aliphatic heterocycles. The predicted octanol–water partition coefficient (Wildman–Crippen LogP) is 3.03. The van der Waals surface area contributed by atoms with Gasteiger partial charge in [0.05, 0.1) is 0 Å². The summed E-state index contributed by atoms with van der Waals surface area (Å²) in [7, 11) is 0. The number of hydrogen-bond donors (Lipinski definition) is 0. The first kappa shape index (κ1) is 10.7. The van der Waals surface area contributed by atoms with Crippen LogP contribution in [0.3, 0.4) is 0 Å². The molecule has 1 aromatic carbocycles. The van der Waals surface area contributed by atoms with E-state index in [1.54, 1.807) is 42.5 Å². The second-order valence-corrected chi connectivity index (χ2v) is 4.34. The first-order valence-electron chi connectivity index (χ1n) is 5.72. The molecule has 2 aliphatic carbocycles. The Bertz CT molecular complexity index is 708.